The number of hydrogen-bond donors (Lipinski definition) is 1. The maximum absolute atomic E-state index is 3.71. The van der Waals surface area contributed by atoms with Gasteiger partial charge in [0, 0.05) is 37.8 Å². The highest BCUT2D eigenvalue weighted by molar-refractivity contribution is 4.99. The van der Waals surface area contributed by atoms with Crippen molar-refractivity contribution in [1.29, 1.82) is 0 Å². The molecule has 4 aliphatic rings. The van der Waals surface area contributed by atoms with Crippen LogP contribution in [-0.2, 0) is 0 Å². The van der Waals surface area contributed by atoms with E-state index < -0.39 is 0 Å². The van der Waals surface area contributed by atoms with Crippen molar-refractivity contribution in [3.63, 3.8) is 0 Å². The predicted octanol–water partition coefficient (Wildman–Crippen LogP) is 1.69. The van der Waals surface area contributed by atoms with Crippen LogP contribution in [0.2, 0.25) is 0 Å². The summed E-state index contributed by atoms with van der Waals surface area (Å²) in [5, 5.41) is 3.71. The molecule has 1 aliphatic carbocycles. The van der Waals surface area contributed by atoms with Crippen molar-refractivity contribution in [2.24, 2.45) is 5.92 Å². The number of rotatable bonds is 5. The van der Waals surface area contributed by atoms with E-state index >= 15 is 0 Å². The molecule has 108 valence electrons. The smallest absolute Gasteiger partial charge is 0.0264 e. The molecule has 3 saturated heterocycles. The molecule has 3 unspecified atom stereocenters. The fraction of sp³-hybridized carbons (Fsp3) is 1.00. The van der Waals surface area contributed by atoms with Crippen molar-refractivity contribution in [2.45, 2.75) is 63.1 Å². The minimum absolute atomic E-state index is 0.786. The molecular formula is C16H29N3. The largest absolute Gasteiger partial charge is 0.313 e. The summed E-state index contributed by atoms with van der Waals surface area (Å²) in [6, 6.07) is 2.57. The van der Waals surface area contributed by atoms with E-state index in [1.54, 1.807) is 0 Å². The molecule has 0 radical (unpaired) electrons. The second-order valence-corrected chi connectivity index (χ2v) is 7.29. The lowest BCUT2D eigenvalue weighted by atomic mass is 10.0. The lowest BCUT2D eigenvalue weighted by Gasteiger charge is -2.35. The van der Waals surface area contributed by atoms with E-state index in [4.69, 9.17) is 0 Å². The zero-order chi connectivity index (χ0) is 12.7. The first-order valence-electron chi connectivity index (χ1n) is 8.61. The molecule has 0 spiro atoms. The standard InChI is InChI=1S/C16H29N3/c1-3-14(17-8-1)12-19(11-13-5-6-13)16-7-10-18-9-2-4-15(16)18/h13-17H,1-12H2. The van der Waals surface area contributed by atoms with Crippen LogP contribution in [-0.4, -0.2) is 60.6 Å². The van der Waals surface area contributed by atoms with Crippen LogP contribution in [0.4, 0.5) is 0 Å². The molecule has 4 fully saturated rings. The second kappa shape index (κ2) is 5.34. The first kappa shape index (κ1) is 12.6. The van der Waals surface area contributed by atoms with E-state index in [2.05, 4.69) is 15.1 Å². The quantitative estimate of drug-likeness (QED) is 0.814. The molecule has 3 aliphatic heterocycles. The molecule has 1 saturated carbocycles. The summed E-state index contributed by atoms with van der Waals surface area (Å²) < 4.78 is 0. The summed E-state index contributed by atoms with van der Waals surface area (Å²) in [6.45, 7) is 6.72. The molecule has 1 N–H and O–H groups in total. The molecule has 0 aromatic rings. The number of hydrogen-bond acceptors (Lipinski definition) is 3. The van der Waals surface area contributed by atoms with Crippen LogP contribution in [0.1, 0.15) is 44.9 Å². The van der Waals surface area contributed by atoms with Crippen LogP contribution in [0.3, 0.4) is 0 Å². The average Bonchev–Trinajstić information content (AvgIpc) is 2.86. The molecule has 4 rings (SSSR count). The fourth-order valence-corrected chi connectivity index (χ4v) is 4.65. The van der Waals surface area contributed by atoms with Gasteiger partial charge in [0.15, 0.2) is 0 Å². The van der Waals surface area contributed by atoms with Gasteiger partial charge >= 0.3 is 0 Å². The fourth-order valence-electron chi connectivity index (χ4n) is 4.65. The molecular weight excluding hydrogens is 234 g/mol. The van der Waals surface area contributed by atoms with Crippen LogP contribution in [0.5, 0.6) is 0 Å². The summed E-state index contributed by atoms with van der Waals surface area (Å²) in [5.74, 6) is 1.04. The third kappa shape index (κ3) is 2.70. The number of nitrogens with zero attached hydrogens (tertiary/aromatic N) is 2. The SMILES string of the molecule is C1CNC(CN(CC2CC2)C2CCN3CCCC23)C1. The molecule has 3 heteroatoms. The van der Waals surface area contributed by atoms with Crippen LogP contribution >= 0.6 is 0 Å². The maximum Gasteiger partial charge on any atom is 0.0264 e. The predicted molar refractivity (Wildman–Crippen MR) is 78.3 cm³/mol. The van der Waals surface area contributed by atoms with Gasteiger partial charge in [-0.1, -0.05) is 0 Å². The molecule has 3 heterocycles. The van der Waals surface area contributed by atoms with E-state index in [-0.39, 0.29) is 0 Å². The van der Waals surface area contributed by atoms with Gasteiger partial charge in [0.25, 0.3) is 0 Å². The third-order valence-corrected chi connectivity index (χ3v) is 5.85. The van der Waals surface area contributed by atoms with Crippen molar-refractivity contribution in [3.05, 3.63) is 0 Å². The van der Waals surface area contributed by atoms with E-state index in [1.807, 2.05) is 0 Å². The Balaban J connectivity index is 1.42. The molecule has 0 aromatic carbocycles. The first-order chi connectivity index (χ1) is 9.40. The lowest BCUT2D eigenvalue weighted by molar-refractivity contribution is 0.142. The number of nitrogens with one attached hydrogen (secondary N) is 1. The van der Waals surface area contributed by atoms with Crippen molar-refractivity contribution >= 4 is 0 Å². The Bertz CT molecular complexity index is 309. The highest BCUT2D eigenvalue weighted by atomic mass is 15.3. The number of fused-ring (bicyclic) bond motifs is 1. The van der Waals surface area contributed by atoms with E-state index in [0.717, 1.165) is 24.0 Å². The zero-order valence-corrected chi connectivity index (χ0v) is 12.2. The van der Waals surface area contributed by atoms with Gasteiger partial charge in [-0.05, 0) is 64.0 Å². The van der Waals surface area contributed by atoms with E-state index in [9.17, 15) is 0 Å². The Hall–Kier alpha value is -0.120. The molecule has 0 bridgehead atoms. The Morgan fingerprint density at radius 2 is 1.89 bits per heavy atom. The third-order valence-electron chi connectivity index (χ3n) is 5.85. The van der Waals surface area contributed by atoms with Crippen LogP contribution < -0.4 is 5.32 Å². The van der Waals surface area contributed by atoms with Gasteiger partial charge in [-0.2, -0.15) is 0 Å². The lowest BCUT2D eigenvalue weighted by Crippen LogP contribution is -2.48. The molecule has 3 atom stereocenters. The van der Waals surface area contributed by atoms with Crippen molar-refractivity contribution in [3.8, 4) is 0 Å². The summed E-state index contributed by atoms with van der Waals surface area (Å²) >= 11 is 0. The Morgan fingerprint density at radius 1 is 0.947 bits per heavy atom. The topological polar surface area (TPSA) is 18.5 Å². The average molecular weight is 263 g/mol. The molecule has 0 aromatic heterocycles. The summed E-state index contributed by atoms with van der Waals surface area (Å²) in [4.78, 5) is 5.67. The van der Waals surface area contributed by atoms with Crippen LogP contribution in [0.25, 0.3) is 0 Å². The maximum atomic E-state index is 3.71. The molecule has 19 heavy (non-hydrogen) atoms. The van der Waals surface area contributed by atoms with Crippen molar-refractivity contribution in [2.75, 3.05) is 32.7 Å². The Kier molecular flexibility index (Phi) is 3.55. The highest BCUT2D eigenvalue weighted by Crippen LogP contribution is 2.35. The summed E-state index contributed by atoms with van der Waals surface area (Å²) in [5.41, 5.74) is 0. The van der Waals surface area contributed by atoms with Gasteiger partial charge < -0.3 is 5.32 Å². The Morgan fingerprint density at radius 3 is 2.68 bits per heavy atom. The van der Waals surface area contributed by atoms with Gasteiger partial charge in [0.05, 0.1) is 0 Å². The Labute approximate surface area is 117 Å². The monoisotopic (exact) mass is 263 g/mol. The second-order valence-electron chi connectivity index (χ2n) is 7.29. The summed E-state index contributed by atoms with van der Waals surface area (Å²) in [6.07, 6.45) is 10.1. The van der Waals surface area contributed by atoms with E-state index in [1.165, 1.54) is 77.7 Å². The van der Waals surface area contributed by atoms with Gasteiger partial charge in [0.2, 0.25) is 0 Å². The van der Waals surface area contributed by atoms with Crippen molar-refractivity contribution in [1.82, 2.24) is 15.1 Å². The van der Waals surface area contributed by atoms with Gasteiger partial charge in [-0.3, -0.25) is 9.80 Å². The zero-order valence-electron chi connectivity index (χ0n) is 12.2. The normalized spacial score (nSPS) is 39.3. The van der Waals surface area contributed by atoms with Crippen molar-refractivity contribution < 1.29 is 0 Å². The van der Waals surface area contributed by atoms with Gasteiger partial charge in [-0.25, -0.2) is 0 Å². The van der Waals surface area contributed by atoms with Gasteiger partial charge in [-0.15, -0.1) is 0 Å². The minimum Gasteiger partial charge on any atom is -0.313 e. The summed E-state index contributed by atoms with van der Waals surface area (Å²) in [7, 11) is 0. The van der Waals surface area contributed by atoms with Crippen LogP contribution in [0.15, 0.2) is 0 Å². The molecule has 3 nitrogen and oxygen atoms in total. The van der Waals surface area contributed by atoms with E-state index in [0.29, 0.717) is 0 Å². The molecule has 0 amide bonds. The first-order valence-corrected chi connectivity index (χ1v) is 8.61. The highest BCUT2D eigenvalue weighted by Gasteiger charge is 2.41. The van der Waals surface area contributed by atoms with Crippen LogP contribution in [0, 0.1) is 5.92 Å². The minimum atomic E-state index is 0.786. The van der Waals surface area contributed by atoms with Gasteiger partial charge in [0.1, 0.15) is 0 Å².